The molecule has 5 aromatic rings. The van der Waals surface area contributed by atoms with Gasteiger partial charge in [-0.05, 0) is 61.4 Å². The summed E-state index contributed by atoms with van der Waals surface area (Å²) in [5.41, 5.74) is 5.78. The van der Waals surface area contributed by atoms with Crippen LogP contribution in [-0.4, -0.2) is 25.8 Å². The Balaban J connectivity index is 1.37. The van der Waals surface area contributed by atoms with E-state index in [2.05, 4.69) is 24.9 Å². The zero-order chi connectivity index (χ0) is 23.7. The highest BCUT2D eigenvalue weighted by atomic mass is 16.5. The van der Waals surface area contributed by atoms with E-state index in [0.717, 1.165) is 50.3 Å². The lowest BCUT2D eigenvalue weighted by Gasteiger charge is -2.14. The highest BCUT2D eigenvalue weighted by Gasteiger charge is 2.13. The van der Waals surface area contributed by atoms with Crippen LogP contribution in [0.15, 0.2) is 85.2 Å². The van der Waals surface area contributed by atoms with Gasteiger partial charge in [0.2, 0.25) is 0 Å². The van der Waals surface area contributed by atoms with E-state index in [9.17, 15) is 4.79 Å². The number of fused-ring (bicyclic) bond motifs is 1. The summed E-state index contributed by atoms with van der Waals surface area (Å²) in [6.07, 6.45) is 3.89. The van der Waals surface area contributed by atoms with E-state index in [4.69, 9.17) is 14.9 Å². The van der Waals surface area contributed by atoms with Gasteiger partial charge in [-0.3, -0.25) is 9.48 Å². The van der Waals surface area contributed by atoms with Crippen molar-refractivity contribution in [3.05, 3.63) is 102 Å². The Labute approximate surface area is 197 Å². The maximum Gasteiger partial charge on any atom is 0.307 e. The molecule has 0 aliphatic rings. The van der Waals surface area contributed by atoms with Crippen molar-refractivity contribution in [2.24, 2.45) is 0 Å². The number of hydrogen-bond donors (Lipinski definition) is 2. The highest BCUT2D eigenvalue weighted by Crippen LogP contribution is 2.32. The molecule has 5 rings (SSSR count). The molecule has 0 amide bonds. The molecule has 0 radical (unpaired) electrons. The Kier molecular flexibility index (Phi) is 5.64. The standard InChI is InChI=1S/C28H25N3O3/c1-18-24-11-13-29-26(24)9-10-27(18)34-23-8-4-7-22(17-23)25-12-14-31(30-25)19(2)21-6-3-5-20(15-21)16-28(32)33/h3-15,17,19,29H,16H2,1-2H3,(H,32,33). The predicted octanol–water partition coefficient (Wildman–Crippen LogP) is 6.37. The van der Waals surface area contributed by atoms with Gasteiger partial charge < -0.3 is 14.8 Å². The normalized spacial score (nSPS) is 12.1. The number of benzene rings is 3. The average Bonchev–Trinajstić information content (AvgIpc) is 3.51. The summed E-state index contributed by atoms with van der Waals surface area (Å²) in [5.74, 6) is 0.737. The van der Waals surface area contributed by atoms with Crippen LogP contribution in [0.25, 0.3) is 22.2 Å². The van der Waals surface area contributed by atoms with Gasteiger partial charge in [-0.1, -0.05) is 36.4 Å². The maximum atomic E-state index is 11.1. The molecule has 0 saturated carbocycles. The summed E-state index contributed by atoms with van der Waals surface area (Å²) in [7, 11) is 0. The van der Waals surface area contributed by atoms with Gasteiger partial charge in [-0.25, -0.2) is 0 Å². The van der Waals surface area contributed by atoms with Crippen molar-refractivity contribution in [3.63, 3.8) is 0 Å². The number of H-pyrrole nitrogens is 1. The van der Waals surface area contributed by atoms with E-state index in [0.29, 0.717) is 0 Å². The van der Waals surface area contributed by atoms with E-state index in [1.165, 1.54) is 0 Å². The molecule has 6 nitrogen and oxygen atoms in total. The van der Waals surface area contributed by atoms with Crippen LogP contribution in [0.4, 0.5) is 0 Å². The molecule has 0 fully saturated rings. The second-order valence-electron chi connectivity index (χ2n) is 8.43. The Morgan fingerprint density at radius 3 is 2.79 bits per heavy atom. The summed E-state index contributed by atoms with van der Waals surface area (Å²) in [5, 5.41) is 15.0. The van der Waals surface area contributed by atoms with Crippen LogP contribution in [-0.2, 0) is 11.2 Å². The quantitative estimate of drug-likeness (QED) is 0.301. The highest BCUT2D eigenvalue weighted by molar-refractivity contribution is 5.85. The van der Waals surface area contributed by atoms with Crippen LogP contribution in [0.5, 0.6) is 11.5 Å². The Morgan fingerprint density at radius 2 is 1.94 bits per heavy atom. The molecule has 170 valence electrons. The van der Waals surface area contributed by atoms with Gasteiger partial charge in [0, 0.05) is 34.4 Å². The topological polar surface area (TPSA) is 80.1 Å². The van der Waals surface area contributed by atoms with Crippen LogP contribution in [0.3, 0.4) is 0 Å². The Morgan fingerprint density at radius 1 is 1.09 bits per heavy atom. The Hall–Kier alpha value is -4.32. The van der Waals surface area contributed by atoms with Crippen molar-refractivity contribution in [1.82, 2.24) is 14.8 Å². The first-order valence-electron chi connectivity index (χ1n) is 11.2. The number of nitrogens with one attached hydrogen (secondary N) is 1. The molecule has 2 N–H and O–H groups in total. The molecule has 0 aliphatic carbocycles. The lowest BCUT2D eigenvalue weighted by atomic mass is 10.0. The van der Waals surface area contributed by atoms with Gasteiger partial charge in [-0.15, -0.1) is 0 Å². The van der Waals surface area contributed by atoms with Gasteiger partial charge in [0.15, 0.2) is 0 Å². The number of carbonyl (C=O) groups is 1. The molecule has 6 heteroatoms. The molecule has 34 heavy (non-hydrogen) atoms. The van der Waals surface area contributed by atoms with Crippen LogP contribution in [0, 0.1) is 6.92 Å². The number of ether oxygens (including phenoxy) is 1. The number of aromatic nitrogens is 3. The second-order valence-corrected chi connectivity index (χ2v) is 8.43. The third-order valence-corrected chi connectivity index (χ3v) is 6.11. The molecule has 0 saturated heterocycles. The lowest BCUT2D eigenvalue weighted by Crippen LogP contribution is -2.08. The largest absolute Gasteiger partial charge is 0.481 e. The monoisotopic (exact) mass is 451 g/mol. The summed E-state index contributed by atoms with van der Waals surface area (Å²) in [6, 6.07) is 23.6. The van der Waals surface area contributed by atoms with Crippen LogP contribution in [0.2, 0.25) is 0 Å². The molecule has 2 heterocycles. The fourth-order valence-electron chi connectivity index (χ4n) is 4.22. The number of aliphatic carboxylic acids is 1. The minimum atomic E-state index is -0.837. The van der Waals surface area contributed by atoms with Gasteiger partial charge in [0.1, 0.15) is 11.5 Å². The number of nitrogens with zero attached hydrogens (tertiary/aromatic N) is 2. The van der Waals surface area contributed by atoms with Crippen molar-refractivity contribution in [2.45, 2.75) is 26.3 Å². The predicted molar refractivity (Wildman–Crippen MR) is 132 cm³/mol. The van der Waals surface area contributed by atoms with Crippen LogP contribution in [0.1, 0.15) is 29.7 Å². The minimum absolute atomic E-state index is 0.00814. The summed E-state index contributed by atoms with van der Waals surface area (Å²) in [6.45, 7) is 4.11. The number of rotatable bonds is 7. The third kappa shape index (κ3) is 4.30. The smallest absolute Gasteiger partial charge is 0.307 e. The first kappa shape index (κ1) is 21.5. The summed E-state index contributed by atoms with van der Waals surface area (Å²) >= 11 is 0. The molecule has 3 aromatic carbocycles. The molecule has 0 bridgehead atoms. The number of carboxylic acid groups (broad SMARTS) is 1. The summed E-state index contributed by atoms with van der Waals surface area (Å²) in [4.78, 5) is 14.3. The minimum Gasteiger partial charge on any atom is -0.481 e. The fourth-order valence-corrected chi connectivity index (χ4v) is 4.22. The maximum absolute atomic E-state index is 11.1. The zero-order valence-corrected chi connectivity index (χ0v) is 19.0. The van der Waals surface area contributed by atoms with Crippen LogP contribution >= 0.6 is 0 Å². The molecule has 0 aliphatic heterocycles. The number of aryl methyl sites for hydroxylation is 1. The molecule has 1 atom stereocenters. The third-order valence-electron chi connectivity index (χ3n) is 6.11. The van der Waals surface area contributed by atoms with E-state index in [-0.39, 0.29) is 12.5 Å². The van der Waals surface area contributed by atoms with Gasteiger partial charge >= 0.3 is 5.97 Å². The zero-order valence-electron chi connectivity index (χ0n) is 19.0. The molecular weight excluding hydrogens is 426 g/mol. The van der Waals surface area contributed by atoms with Crippen molar-refractivity contribution in [3.8, 4) is 22.8 Å². The Bertz CT molecular complexity index is 1480. The van der Waals surface area contributed by atoms with Gasteiger partial charge in [0.05, 0.1) is 18.2 Å². The van der Waals surface area contributed by atoms with Gasteiger partial charge in [-0.2, -0.15) is 5.10 Å². The van der Waals surface area contributed by atoms with Crippen molar-refractivity contribution in [1.29, 1.82) is 0 Å². The molecule has 2 aromatic heterocycles. The number of hydrogen-bond acceptors (Lipinski definition) is 3. The van der Waals surface area contributed by atoms with E-state index < -0.39 is 5.97 Å². The van der Waals surface area contributed by atoms with Crippen molar-refractivity contribution in [2.75, 3.05) is 0 Å². The molecule has 1 unspecified atom stereocenters. The second kappa shape index (κ2) is 8.90. The summed E-state index contributed by atoms with van der Waals surface area (Å²) < 4.78 is 8.12. The molecule has 0 spiro atoms. The first-order valence-corrected chi connectivity index (χ1v) is 11.2. The average molecular weight is 452 g/mol. The van der Waals surface area contributed by atoms with Gasteiger partial charge in [0.25, 0.3) is 0 Å². The van der Waals surface area contributed by atoms with E-state index in [1.807, 2.05) is 83.8 Å². The molecular formula is C28H25N3O3. The van der Waals surface area contributed by atoms with Crippen LogP contribution < -0.4 is 4.74 Å². The van der Waals surface area contributed by atoms with E-state index in [1.54, 1.807) is 0 Å². The number of aromatic amines is 1. The van der Waals surface area contributed by atoms with Crippen molar-refractivity contribution >= 4 is 16.9 Å². The fraction of sp³-hybridized carbons (Fsp3) is 0.143. The first-order chi connectivity index (χ1) is 16.5. The van der Waals surface area contributed by atoms with Crippen molar-refractivity contribution < 1.29 is 14.6 Å². The number of carboxylic acids is 1. The van der Waals surface area contributed by atoms with E-state index >= 15 is 0 Å². The lowest BCUT2D eigenvalue weighted by molar-refractivity contribution is -0.136. The SMILES string of the molecule is Cc1c(Oc2cccc(-c3ccn(C(C)c4cccc(CC(=O)O)c4)n3)c2)ccc2[nH]ccc12.